The fraction of sp³-hybridized carbons (Fsp3) is 0.409. The lowest BCUT2D eigenvalue weighted by Crippen LogP contribution is -2.37. The standard InChI is InChI=1S/C22H26N2O3S/c1-2-23(16-17-7-4-3-5-8-17)28(26,27)20-11-12-21-19(15-20)13-14-24(21)22(25)18-9-6-10-18/h3-5,7-8,11-12,15,18H,2,6,9-10,13-14,16H2,1H3. The third kappa shape index (κ3) is 3.47. The highest BCUT2D eigenvalue weighted by Gasteiger charge is 2.34. The van der Waals surface area contributed by atoms with Crippen molar-refractivity contribution in [2.24, 2.45) is 5.92 Å². The minimum absolute atomic E-state index is 0.149. The summed E-state index contributed by atoms with van der Waals surface area (Å²) in [5, 5.41) is 0. The Balaban J connectivity index is 1.58. The molecule has 1 saturated carbocycles. The predicted molar refractivity (Wildman–Crippen MR) is 110 cm³/mol. The molecule has 4 rings (SSSR count). The first-order chi connectivity index (χ1) is 13.5. The van der Waals surface area contributed by atoms with Crippen LogP contribution in [0.15, 0.2) is 53.4 Å². The summed E-state index contributed by atoms with van der Waals surface area (Å²) in [6.45, 7) is 3.26. The van der Waals surface area contributed by atoms with Crippen LogP contribution in [-0.4, -0.2) is 31.7 Å². The maximum absolute atomic E-state index is 13.2. The summed E-state index contributed by atoms with van der Waals surface area (Å²) in [5.74, 6) is 0.343. The van der Waals surface area contributed by atoms with E-state index in [1.807, 2.05) is 48.2 Å². The Kier molecular flexibility index (Phi) is 5.25. The van der Waals surface area contributed by atoms with Gasteiger partial charge in [-0.3, -0.25) is 4.79 Å². The van der Waals surface area contributed by atoms with Crippen molar-refractivity contribution in [1.82, 2.24) is 4.31 Å². The van der Waals surface area contributed by atoms with E-state index in [1.165, 1.54) is 4.31 Å². The number of benzene rings is 2. The quantitative estimate of drug-likeness (QED) is 0.747. The molecule has 0 unspecified atom stereocenters. The highest BCUT2D eigenvalue weighted by molar-refractivity contribution is 7.89. The van der Waals surface area contributed by atoms with E-state index >= 15 is 0 Å². The molecule has 0 atom stereocenters. The van der Waals surface area contributed by atoms with Crippen molar-refractivity contribution in [3.05, 3.63) is 59.7 Å². The van der Waals surface area contributed by atoms with Gasteiger partial charge >= 0.3 is 0 Å². The number of hydrogen-bond acceptors (Lipinski definition) is 3. The number of sulfonamides is 1. The number of amides is 1. The Morgan fingerprint density at radius 3 is 2.54 bits per heavy atom. The molecular formula is C22H26N2O3S. The molecular weight excluding hydrogens is 372 g/mol. The SMILES string of the molecule is CCN(Cc1ccccc1)S(=O)(=O)c1ccc2c(c1)CCN2C(=O)C1CCC1. The summed E-state index contributed by atoms with van der Waals surface area (Å²) in [7, 11) is -3.59. The Hall–Kier alpha value is -2.18. The normalized spacial score (nSPS) is 16.9. The molecule has 0 spiro atoms. The number of anilines is 1. The molecule has 2 aromatic rings. The maximum atomic E-state index is 13.2. The van der Waals surface area contributed by atoms with Gasteiger partial charge in [0.25, 0.3) is 0 Å². The van der Waals surface area contributed by atoms with Gasteiger partial charge < -0.3 is 4.90 Å². The van der Waals surface area contributed by atoms with Gasteiger partial charge in [0.1, 0.15) is 0 Å². The molecule has 1 aliphatic heterocycles. The monoisotopic (exact) mass is 398 g/mol. The molecule has 5 nitrogen and oxygen atoms in total. The van der Waals surface area contributed by atoms with Gasteiger partial charge in [0, 0.05) is 31.2 Å². The second kappa shape index (κ2) is 7.68. The van der Waals surface area contributed by atoms with Gasteiger partial charge in [-0.25, -0.2) is 8.42 Å². The highest BCUT2D eigenvalue weighted by Crippen LogP contribution is 2.36. The molecule has 148 valence electrons. The lowest BCUT2D eigenvalue weighted by Gasteiger charge is -2.29. The van der Waals surface area contributed by atoms with Gasteiger partial charge in [-0.1, -0.05) is 43.7 Å². The van der Waals surface area contributed by atoms with Crippen molar-refractivity contribution in [3.8, 4) is 0 Å². The zero-order valence-corrected chi connectivity index (χ0v) is 17.0. The van der Waals surface area contributed by atoms with Crippen LogP contribution in [0.25, 0.3) is 0 Å². The Bertz CT molecular complexity index is 969. The van der Waals surface area contributed by atoms with Crippen molar-refractivity contribution in [2.75, 3.05) is 18.0 Å². The van der Waals surface area contributed by atoms with Crippen LogP contribution in [0.2, 0.25) is 0 Å². The van der Waals surface area contributed by atoms with E-state index in [4.69, 9.17) is 0 Å². The molecule has 0 aromatic heterocycles. The average Bonchev–Trinajstić information content (AvgIpc) is 3.08. The summed E-state index contributed by atoms with van der Waals surface area (Å²) < 4.78 is 27.9. The molecule has 1 heterocycles. The molecule has 0 bridgehead atoms. The summed E-state index contributed by atoms with van der Waals surface area (Å²) >= 11 is 0. The third-order valence-corrected chi connectivity index (χ3v) is 7.78. The first-order valence-corrected chi connectivity index (χ1v) is 11.4. The zero-order valence-electron chi connectivity index (χ0n) is 16.2. The van der Waals surface area contributed by atoms with Crippen molar-refractivity contribution >= 4 is 21.6 Å². The summed E-state index contributed by atoms with van der Waals surface area (Å²) in [5.41, 5.74) is 2.79. The van der Waals surface area contributed by atoms with E-state index in [1.54, 1.807) is 12.1 Å². The van der Waals surface area contributed by atoms with Gasteiger partial charge in [-0.05, 0) is 48.6 Å². The Morgan fingerprint density at radius 1 is 1.14 bits per heavy atom. The second-order valence-electron chi connectivity index (χ2n) is 7.58. The van der Waals surface area contributed by atoms with Crippen molar-refractivity contribution in [2.45, 2.75) is 44.0 Å². The molecule has 6 heteroatoms. The molecule has 1 amide bonds. The lowest BCUT2D eigenvalue weighted by atomic mass is 9.84. The van der Waals surface area contributed by atoms with Gasteiger partial charge in [0.15, 0.2) is 0 Å². The van der Waals surface area contributed by atoms with Crippen LogP contribution < -0.4 is 4.90 Å². The van der Waals surface area contributed by atoms with Gasteiger partial charge in [-0.2, -0.15) is 4.31 Å². The van der Waals surface area contributed by atoms with Crippen LogP contribution in [0.5, 0.6) is 0 Å². The Morgan fingerprint density at radius 2 is 1.89 bits per heavy atom. The van der Waals surface area contributed by atoms with Crippen molar-refractivity contribution in [1.29, 1.82) is 0 Å². The molecule has 0 saturated heterocycles. The first-order valence-electron chi connectivity index (χ1n) is 9.99. The van der Waals surface area contributed by atoms with Crippen LogP contribution in [0.4, 0.5) is 5.69 Å². The minimum atomic E-state index is -3.59. The van der Waals surface area contributed by atoms with Crippen molar-refractivity contribution < 1.29 is 13.2 Å². The van der Waals surface area contributed by atoms with Crippen LogP contribution in [0, 0.1) is 5.92 Å². The minimum Gasteiger partial charge on any atom is -0.312 e. The number of hydrogen-bond donors (Lipinski definition) is 0. The predicted octanol–water partition coefficient (Wildman–Crippen LogP) is 3.59. The zero-order chi connectivity index (χ0) is 19.7. The number of carbonyl (C=O) groups excluding carboxylic acids is 1. The average molecular weight is 399 g/mol. The third-order valence-electron chi connectivity index (χ3n) is 5.86. The first kappa shape index (κ1) is 19.2. The Labute approximate surface area is 167 Å². The smallest absolute Gasteiger partial charge is 0.243 e. The number of nitrogens with zero attached hydrogens (tertiary/aromatic N) is 2. The van der Waals surface area contributed by atoms with E-state index in [-0.39, 0.29) is 11.8 Å². The van der Waals surface area contributed by atoms with Gasteiger partial charge in [0.05, 0.1) is 4.90 Å². The largest absolute Gasteiger partial charge is 0.312 e. The van der Waals surface area contributed by atoms with Gasteiger partial charge in [-0.15, -0.1) is 0 Å². The number of fused-ring (bicyclic) bond motifs is 1. The molecule has 2 aliphatic rings. The summed E-state index contributed by atoms with van der Waals surface area (Å²) in [4.78, 5) is 14.8. The van der Waals surface area contributed by atoms with Crippen LogP contribution in [-0.2, 0) is 27.8 Å². The van der Waals surface area contributed by atoms with E-state index in [0.29, 0.717) is 31.0 Å². The summed E-state index contributed by atoms with van der Waals surface area (Å²) in [6, 6.07) is 14.8. The van der Waals surface area contributed by atoms with Crippen LogP contribution >= 0.6 is 0 Å². The van der Waals surface area contributed by atoms with Crippen LogP contribution in [0.1, 0.15) is 37.3 Å². The fourth-order valence-electron chi connectivity index (χ4n) is 3.95. The van der Waals surface area contributed by atoms with E-state index in [0.717, 1.165) is 36.1 Å². The molecule has 0 radical (unpaired) electrons. The summed E-state index contributed by atoms with van der Waals surface area (Å²) in [6.07, 6.45) is 3.79. The molecule has 28 heavy (non-hydrogen) atoms. The fourth-order valence-corrected chi connectivity index (χ4v) is 5.43. The second-order valence-corrected chi connectivity index (χ2v) is 9.51. The van der Waals surface area contributed by atoms with E-state index in [2.05, 4.69) is 0 Å². The van der Waals surface area contributed by atoms with E-state index < -0.39 is 10.0 Å². The maximum Gasteiger partial charge on any atom is 0.243 e. The van der Waals surface area contributed by atoms with Crippen molar-refractivity contribution in [3.63, 3.8) is 0 Å². The number of carbonyl (C=O) groups is 1. The topological polar surface area (TPSA) is 57.7 Å². The molecule has 2 aromatic carbocycles. The molecule has 1 fully saturated rings. The molecule has 1 aliphatic carbocycles. The van der Waals surface area contributed by atoms with E-state index in [9.17, 15) is 13.2 Å². The van der Waals surface area contributed by atoms with Crippen LogP contribution in [0.3, 0.4) is 0 Å². The molecule has 0 N–H and O–H groups in total. The lowest BCUT2D eigenvalue weighted by molar-refractivity contribution is -0.124. The van der Waals surface area contributed by atoms with Gasteiger partial charge in [0.2, 0.25) is 15.9 Å². The number of rotatable bonds is 6. The highest BCUT2D eigenvalue weighted by atomic mass is 32.2.